The average molecular weight is 715 g/mol. The van der Waals surface area contributed by atoms with E-state index in [0.717, 1.165) is 39.5 Å². The van der Waals surface area contributed by atoms with Crippen LogP contribution in [-0.4, -0.2) is 19.1 Å². The van der Waals surface area contributed by atoms with E-state index in [1.165, 1.54) is 54.7 Å². The van der Waals surface area contributed by atoms with Gasteiger partial charge in [-0.05, 0) is 71.8 Å². The fraction of sp³-hybridized carbons (Fsp3) is 0. The highest BCUT2D eigenvalue weighted by molar-refractivity contribution is 6.17. The van der Waals surface area contributed by atoms with Crippen molar-refractivity contribution in [2.75, 3.05) is 0 Å². The lowest BCUT2D eigenvalue weighted by Crippen LogP contribution is -1.97. The minimum atomic E-state index is 0.712. The lowest BCUT2D eigenvalue weighted by Gasteiger charge is -2.12. The third kappa shape index (κ3) is 5.23. The average Bonchev–Trinajstić information content (AvgIpc) is 3.80. The summed E-state index contributed by atoms with van der Waals surface area (Å²) in [6, 6.07) is 73.2. The Labute approximate surface area is 324 Å². The van der Waals surface area contributed by atoms with Crippen LogP contribution in [0.15, 0.2) is 206 Å². The van der Waals surface area contributed by atoms with Crippen molar-refractivity contribution in [3.8, 4) is 56.4 Å². The van der Waals surface area contributed by atoms with Crippen LogP contribution in [0.1, 0.15) is 0 Å². The van der Waals surface area contributed by atoms with E-state index < -0.39 is 0 Å². The van der Waals surface area contributed by atoms with E-state index in [4.69, 9.17) is 9.97 Å². The number of fused-ring (bicyclic) bond motifs is 6. The van der Waals surface area contributed by atoms with E-state index in [-0.39, 0.29) is 0 Å². The van der Waals surface area contributed by atoms with Crippen molar-refractivity contribution in [3.05, 3.63) is 206 Å². The maximum Gasteiger partial charge on any atom is 0.160 e. The predicted molar refractivity (Wildman–Crippen MR) is 232 cm³/mol. The van der Waals surface area contributed by atoms with Crippen molar-refractivity contribution in [2.45, 2.75) is 0 Å². The summed E-state index contributed by atoms with van der Waals surface area (Å²) < 4.78 is 4.76. The number of aromatic nitrogens is 4. The third-order valence-corrected chi connectivity index (χ3v) is 10.9. The number of hydrogen-bond donors (Lipinski definition) is 0. The van der Waals surface area contributed by atoms with Gasteiger partial charge in [-0.25, -0.2) is 9.97 Å². The van der Waals surface area contributed by atoms with Gasteiger partial charge in [-0.2, -0.15) is 0 Å². The van der Waals surface area contributed by atoms with Gasteiger partial charge in [0.1, 0.15) is 0 Å². The number of hydrogen-bond acceptors (Lipinski definition) is 2. The van der Waals surface area contributed by atoms with Crippen LogP contribution in [0.25, 0.3) is 100 Å². The molecule has 0 fully saturated rings. The molecule has 0 saturated carbocycles. The number of para-hydroxylation sites is 3. The van der Waals surface area contributed by atoms with Crippen LogP contribution in [0.3, 0.4) is 0 Å². The van der Waals surface area contributed by atoms with Crippen LogP contribution in [0, 0.1) is 0 Å². The summed E-state index contributed by atoms with van der Waals surface area (Å²) in [6.07, 6.45) is 0. The fourth-order valence-electron chi connectivity index (χ4n) is 8.38. The molecule has 56 heavy (non-hydrogen) atoms. The Hall–Kier alpha value is -7.56. The number of nitrogens with zero attached hydrogens (tertiary/aromatic N) is 4. The van der Waals surface area contributed by atoms with E-state index in [0.29, 0.717) is 5.82 Å². The molecule has 4 heteroatoms. The SMILES string of the molecule is c1ccc(-c2cc(-c3ccc(-n4c5ccccc5c5c(-c6ccc7c(c6)c6ccccc6n7-c6ccccc6)cccc54)cc3)nc(-c3ccccc3)n2)cc1. The van der Waals surface area contributed by atoms with Gasteiger partial charge in [0.15, 0.2) is 5.82 Å². The smallest absolute Gasteiger partial charge is 0.160 e. The van der Waals surface area contributed by atoms with Crippen LogP contribution < -0.4 is 0 Å². The summed E-state index contributed by atoms with van der Waals surface area (Å²) in [5.41, 5.74) is 14.3. The lowest BCUT2D eigenvalue weighted by molar-refractivity contribution is 1.17. The Morgan fingerprint density at radius 2 is 0.804 bits per heavy atom. The maximum absolute atomic E-state index is 5.08. The van der Waals surface area contributed by atoms with Gasteiger partial charge in [-0.1, -0.05) is 146 Å². The number of rotatable bonds is 6. The molecule has 4 nitrogen and oxygen atoms in total. The first-order chi connectivity index (χ1) is 27.8. The molecule has 0 spiro atoms. The molecule has 0 atom stereocenters. The molecule has 3 aromatic heterocycles. The van der Waals surface area contributed by atoms with Gasteiger partial charge >= 0.3 is 0 Å². The molecule has 0 unspecified atom stereocenters. The highest BCUT2D eigenvalue weighted by atomic mass is 15.0. The van der Waals surface area contributed by atoms with E-state index >= 15 is 0 Å². The molecule has 262 valence electrons. The molecule has 0 N–H and O–H groups in total. The first-order valence-corrected chi connectivity index (χ1v) is 19.0. The van der Waals surface area contributed by atoms with Crippen molar-refractivity contribution in [2.24, 2.45) is 0 Å². The summed E-state index contributed by atoms with van der Waals surface area (Å²) in [5.74, 6) is 0.712. The summed E-state index contributed by atoms with van der Waals surface area (Å²) in [6.45, 7) is 0. The molecular weight excluding hydrogens is 681 g/mol. The molecule has 0 amide bonds. The molecule has 0 saturated heterocycles. The Morgan fingerprint density at radius 1 is 0.304 bits per heavy atom. The van der Waals surface area contributed by atoms with Crippen molar-refractivity contribution in [1.82, 2.24) is 19.1 Å². The minimum absolute atomic E-state index is 0.712. The molecular formula is C52H34N4. The Kier molecular flexibility index (Phi) is 7.46. The minimum Gasteiger partial charge on any atom is -0.309 e. The largest absolute Gasteiger partial charge is 0.309 e. The zero-order valence-corrected chi connectivity index (χ0v) is 30.4. The van der Waals surface area contributed by atoms with E-state index in [9.17, 15) is 0 Å². The molecule has 0 aliphatic carbocycles. The van der Waals surface area contributed by atoms with Gasteiger partial charge < -0.3 is 9.13 Å². The van der Waals surface area contributed by atoms with E-state index in [1.807, 2.05) is 36.4 Å². The zero-order chi connectivity index (χ0) is 37.0. The molecule has 0 aliphatic heterocycles. The van der Waals surface area contributed by atoms with Gasteiger partial charge in [0.25, 0.3) is 0 Å². The summed E-state index contributed by atoms with van der Waals surface area (Å²) in [7, 11) is 0. The van der Waals surface area contributed by atoms with Gasteiger partial charge in [0, 0.05) is 49.6 Å². The van der Waals surface area contributed by atoms with Crippen molar-refractivity contribution in [1.29, 1.82) is 0 Å². The van der Waals surface area contributed by atoms with Crippen LogP contribution in [0.5, 0.6) is 0 Å². The standard InChI is InChI=1S/C52H34N4/c1-4-15-35(16-5-1)45-34-46(54-52(53-45)37-17-6-2-7-18-37)36-27-30-40(31-28-36)56-48-25-13-11-22-43(48)51-41(23-14-26-50(51)56)38-29-32-49-44(33-38)42-21-10-12-24-47(42)55(49)39-19-8-3-9-20-39/h1-34H. The van der Waals surface area contributed by atoms with Crippen LogP contribution in [0.4, 0.5) is 0 Å². The van der Waals surface area contributed by atoms with Gasteiger partial charge in [0.05, 0.1) is 33.5 Å². The highest BCUT2D eigenvalue weighted by Gasteiger charge is 2.19. The lowest BCUT2D eigenvalue weighted by atomic mass is 9.98. The summed E-state index contributed by atoms with van der Waals surface area (Å²) in [4.78, 5) is 10.1. The van der Waals surface area contributed by atoms with Crippen LogP contribution in [0.2, 0.25) is 0 Å². The fourth-order valence-corrected chi connectivity index (χ4v) is 8.38. The summed E-state index contributed by atoms with van der Waals surface area (Å²) >= 11 is 0. The predicted octanol–water partition coefficient (Wildman–Crippen LogP) is 13.3. The van der Waals surface area contributed by atoms with Gasteiger partial charge in [0.2, 0.25) is 0 Å². The summed E-state index contributed by atoms with van der Waals surface area (Å²) in [5, 5.41) is 4.96. The van der Waals surface area contributed by atoms with E-state index in [1.54, 1.807) is 0 Å². The normalized spacial score (nSPS) is 11.6. The molecule has 8 aromatic carbocycles. The Morgan fingerprint density at radius 3 is 1.52 bits per heavy atom. The van der Waals surface area contributed by atoms with Crippen molar-refractivity contribution < 1.29 is 0 Å². The first kappa shape index (κ1) is 31.9. The highest BCUT2D eigenvalue weighted by Crippen LogP contribution is 2.41. The Balaban J connectivity index is 1.05. The van der Waals surface area contributed by atoms with Crippen LogP contribution >= 0.6 is 0 Å². The molecule has 0 radical (unpaired) electrons. The van der Waals surface area contributed by atoms with E-state index in [2.05, 4.69) is 179 Å². The second kappa shape index (κ2) is 13.1. The zero-order valence-electron chi connectivity index (χ0n) is 30.4. The topological polar surface area (TPSA) is 35.6 Å². The molecule has 0 bridgehead atoms. The monoisotopic (exact) mass is 714 g/mol. The second-order valence-corrected chi connectivity index (χ2v) is 14.2. The molecule has 0 aliphatic rings. The quantitative estimate of drug-likeness (QED) is 0.172. The van der Waals surface area contributed by atoms with Crippen molar-refractivity contribution in [3.63, 3.8) is 0 Å². The van der Waals surface area contributed by atoms with Crippen molar-refractivity contribution >= 4 is 43.6 Å². The van der Waals surface area contributed by atoms with Gasteiger partial charge in [-0.3, -0.25) is 0 Å². The maximum atomic E-state index is 5.08. The number of benzene rings is 8. The first-order valence-electron chi connectivity index (χ1n) is 19.0. The second-order valence-electron chi connectivity index (χ2n) is 14.2. The Bertz CT molecular complexity index is 3160. The third-order valence-electron chi connectivity index (χ3n) is 10.9. The molecule has 3 heterocycles. The van der Waals surface area contributed by atoms with Crippen LogP contribution in [-0.2, 0) is 0 Å². The molecule has 11 aromatic rings. The molecule has 11 rings (SSSR count). The van der Waals surface area contributed by atoms with Gasteiger partial charge in [-0.15, -0.1) is 0 Å².